The number of carbonyl (C=O) groups is 1. The zero-order valence-corrected chi connectivity index (χ0v) is 12.1. The van der Waals surface area contributed by atoms with Gasteiger partial charge in [0.2, 0.25) is 0 Å². The summed E-state index contributed by atoms with van der Waals surface area (Å²) < 4.78 is 1.74. The van der Waals surface area contributed by atoms with Gasteiger partial charge in [-0.3, -0.25) is 4.79 Å². The second-order valence-electron chi connectivity index (χ2n) is 5.03. The molecule has 110 valence electrons. The van der Waals surface area contributed by atoms with Crippen LogP contribution in [0.15, 0.2) is 60.7 Å². The maximum Gasteiger partial charge on any atom is 0.163 e. The largest absolute Gasteiger partial charge is 0.294 e. The Morgan fingerprint density at radius 1 is 0.955 bits per heavy atom. The molecule has 0 saturated carbocycles. The number of aromatic nitrogens is 4. The van der Waals surface area contributed by atoms with Crippen molar-refractivity contribution in [2.24, 2.45) is 0 Å². The number of nitrogens with zero attached hydrogens (tertiary/aromatic N) is 4. The van der Waals surface area contributed by atoms with E-state index in [1.807, 2.05) is 60.7 Å². The lowest BCUT2D eigenvalue weighted by molar-refractivity contribution is 0.0982. The number of tetrazole rings is 1. The second kappa shape index (κ2) is 6.76. The van der Waals surface area contributed by atoms with E-state index in [0.717, 1.165) is 17.0 Å². The number of carbonyl (C=O) groups excluding carboxylic acids is 1. The van der Waals surface area contributed by atoms with Gasteiger partial charge in [-0.2, -0.15) is 0 Å². The summed E-state index contributed by atoms with van der Waals surface area (Å²) in [5.74, 6) is 0.836. The van der Waals surface area contributed by atoms with Gasteiger partial charge >= 0.3 is 0 Å². The monoisotopic (exact) mass is 292 g/mol. The molecule has 0 bridgehead atoms. The molecule has 22 heavy (non-hydrogen) atoms. The molecule has 1 aromatic heterocycles. The van der Waals surface area contributed by atoms with E-state index in [1.165, 1.54) is 0 Å². The molecule has 3 aromatic rings. The lowest BCUT2D eigenvalue weighted by atomic mass is 10.1. The van der Waals surface area contributed by atoms with E-state index in [0.29, 0.717) is 19.4 Å². The van der Waals surface area contributed by atoms with Crippen molar-refractivity contribution in [3.05, 3.63) is 77.6 Å². The summed E-state index contributed by atoms with van der Waals surface area (Å²) in [4.78, 5) is 12.1. The van der Waals surface area contributed by atoms with Crippen LogP contribution >= 0.6 is 0 Å². The van der Waals surface area contributed by atoms with E-state index in [2.05, 4.69) is 15.5 Å². The molecule has 5 nitrogen and oxygen atoms in total. The zero-order chi connectivity index (χ0) is 15.2. The number of aryl methyl sites for hydroxylation is 1. The summed E-state index contributed by atoms with van der Waals surface area (Å²) in [6.07, 6.45) is 0.937. The Morgan fingerprint density at radius 2 is 1.64 bits per heavy atom. The molecule has 3 rings (SSSR count). The Balaban J connectivity index is 1.64. The SMILES string of the molecule is O=C(CCc1nnnn1Cc1ccccc1)c1ccccc1. The van der Waals surface area contributed by atoms with E-state index in [-0.39, 0.29) is 5.78 Å². The van der Waals surface area contributed by atoms with Crippen LogP contribution in [-0.2, 0) is 13.0 Å². The lowest BCUT2D eigenvalue weighted by Gasteiger charge is -2.04. The third-order valence-electron chi connectivity index (χ3n) is 3.45. The minimum absolute atomic E-state index is 0.106. The molecule has 0 aliphatic heterocycles. The first kappa shape index (κ1) is 14.1. The Bertz CT molecular complexity index is 738. The summed E-state index contributed by atoms with van der Waals surface area (Å²) in [7, 11) is 0. The summed E-state index contributed by atoms with van der Waals surface area (Å²) in [5.41, 5.74) is 1.86. The zero-order valence-electron chi connectivity index (χ0n) is 12.1. The second-order valence-corrected chi connectivity index (χ2v) is 5.03. The Morgan fingerprint density at radius 3 is 2.36 bits per heavy atom. The summed E-state index contributed by atoms with van der Waals surface area (Å²) >= 11 is 0. The van der Waals surface area contributed by atoms with Crippen molar-refractivity contribution in [3.8, 4) is 0 Å². The van der Waals surface area contributed by atoms with Crippen LogP contribution in [0, 0.1) is 0 Å². The number of hydrogen-bond acceptors (Lipinski definition) is 4. The topological polar surface area (TPSA) is 60.7 Å². The van der Waals surface area contributed by atoms with Crippen molar-refractivity contribution in [1.82, 2.24) is 20.2 Å². The molecule has 0 radical (unpaired) electrons. The minimum atomic E-state index is 0.106. The van der Waals surface area contributed by atoms with Gasteiger partial charge in [0, 0.05) is 18.4 Å². The summed E-state index contributed by atoms with van der Waals surface area (Å²) in [5, 5.41) is 11.8. The number of benzene rings is 2. The predicted octanol–water partition coefficient (Wildman–Crippen LogP) is 2.54. The highest BCUT2D eigenvalue weighted by atomic mass is 16.1. The van der Waals surface area contributed by atoms with Gasteiger partial charge in [-0.1, -0.05) is 60.7 Å². The van der Waals surface area contributed by atoms with Crippen molar-refractivity contribution >= 4 is 5.78 Å². The first-order chi connectivity index (χ1) is 10.8. The van der Waals surface area contributed by atoms with Crippen molar-refractivity contribution in [2.75, 3.05) is 0 Å². The fraction of sp³-hybridized carbons (Fsp3) is 0.176. The molecule has 0 aliphatic rings. The smallest absolute Gasteiger partial charge is 0.163 e. The molecular formula is C17H16N4O. The third-order valence-corrected chi connectivity index (χ3v) is 3.45. The summed E-state index contributed by atoms with van der Waals surface area (Å²) in [6, 6.07) is 19.3. The normalized spacial score (nSPS) is 10.5. The summed E-state index contributed by atoms with van der Waals surface area (Å²) in [6.45, 7) is 0.614. The van der Waals surface area contributed by atoms with Crippen molar-refractivity contribution in [1.29, 1.82) is 0 Å². The van der Waals surface area contributed by atoms with Gasteiger partial charge in [0.1, 0.15) is 0 Å². The van der Waals surface area contributed by atoms with Crippen LogP contribution in [0.5, 0.6) is 0 Å². The Kier molecular flexibility index (Phi) is 4.34. The highest BCUT2D eigenvalue weighted by molar-refractivity contribution is 5.96. The Labute approximate surface area is 128 Å². The molecule has 0 atom stereocenters. The lowest BCUT2D eigenvalue weighted by Crippen LogP contribution is -2.09. The van der Waals surface area contributed by atoms with Gasteiger partial charge in [-0.05, 0) is 16.0 Å². The third kappa shape index (κ3) is 3.44. The van der Waals surface area contributed by atoms with Gasteiger partial charge in [-0.25, -0.2) is 4.68 Å². The van der Waals surface area contributed by atoms with E-state index in [9.17, 15) is 4.79 Å². The van der Waals surface area contributed by atoms with E-state index >= 15 is 0 Å². The maximum atomic E-state index is 12.1. The first-order valence-electron chi connectivity index (χ1n) is 7.20. The molecule has 0 spiro atoms. The van der Waals surface area contributed by atoms with Gasteiger partial charge < -0.3 is 0 Å². The van der Waals surface area contributed by atoms with E-state index < -0.39 is 0 Å². The van der Waals surface area contributed by atoms with Gasteiger partial charge in [0.05, 0.1) is 6.54 Å². The minimum Gasteiger partial charge on any atom is -0.294 e. The average molecular weight is 292 g/mol. The highest BCUT2D eigenvalue weighted by Crippen LogP contribution is 2.08. The molecule has 0 saturated heterocycles. The van der Waals surface area contributed by atoms with Gasteiger partial charge in [0.15, 0.2) is 11.6 Å². The molecule has 5 heteroatoms. The molecule has 0 unspecified atom stereocenters. The van der Waals surface area contributed by atoms with Crippen LogP contribution < -0.4 is 0 Å². The number of hydrogen-bond donors (Lipinski definition) is 0. The van der Waals surface area contributed by atoms with Crippen LogP contribution in [0.2, 0.25) is 0 Å². The molecule has 0 N–H and O–H groups in total. The van der Waals surface area contributed by atoms with Gasteiger partial charge in [-0.15, -0.1) is 5.10 Å². The van der Waals surface area contributed by atoms with Crippen LogP contribution in [0.25, 0.3) is 0 Å². The highest BCUT2D eigenvalue weighted by Gasteiger charge is 2.11. The number of ketones is 1. The number of Topliss-reactive ketones (excluding diaryl/α,β-unsaturated/α-hetero) is 1. The van der Waals surface area contributed by atoms with Crippen molar-refractivity contribution in [2.45, 2.75) is 19.4 Å². The molecule has 2 aromatic carbocycles. The van der Waals surface area contributed by atoms with Crippen LogP contribution in [-0.4, -0.2) is 26.0 Å². The number of rotatable bonds is 6. The molecule has 0 fully saturated rings. The van der Waals surface area contributed by atoms with Crippen LogP contribution in [0.4, 0.5) is 0 Å². The van der Waals surface area contributed by atoms with Crippen molar-refractivity contribution < 1.29 is 4.79 Å². The Hall–Kier alpha value is -2.82. The van der Waals surface area contributed by atoms with Crippen molar-refractivity contribution in [3.63, 3.8) is 0 Å². The predicted molar refractivity (Wildman–Crippen MR) is 82.5 cm³/mol. The maximum absolute atomic E-state index is 12.1. The molecule has 1 heterocycles. The quantitative estimate of drug-likeness (QED) is 0.655. The molecule has 0 aliphatic carbocycles. The average Bonchev–Trinajstić information content (AvgIpc) is 3.01. The van der Waals surface area contributed by atoms with E-state index in [4.69, 9.17) is 0 Å². The standard InChI is InChI=1S/C17H16N4O/c22-16(15-9-5-2-6-10-15)11-12-17-18-19-20-21(17)13-14-7-3-1-4-8-14/h1-10H,11-13H2. The fourth-order valence-corrected chi connectivity index (χ4v) is 2.28. The fourth-order valence-electron chi connectivity index (χ4n) is 2.28. The van der Waals surface area contributed by atoms with Crippen LogP contribution in [0.3, 0.4) is 0 Å². The first-order valence-corrected chi connectivity index (χ1v) is 7.20. The van der Waals surface area contributed by atoms with Crippen LogP contribution in [0.1, 0.15) is 28.2 Å². The molecular weight excluding hydrogens is 276 g/mol. The molecule has 0 amide bonds. The van der Waals surface area contributed by atoms with E-state index in [1.54, 1.807) is 4.68 Å². The van der Waals surface area contributed by atoms with Gasteiger partial charge in [0.25, 0.3) is 0 Å².